The van der Waals surface area contributed by atoms with E-state index >= 15 is 0 Å². The lowest BCUT2D eigenvalue weighted by Crippen LogP contribution is -2.39. The van der Waals surface area contributed by atoms with E-state index in [1.54, 1.807) is 18.2 Å². The number of nitrogens with two attached hydrogens (primary N) is 1. The molecule has 2 heterocycles. The lowest BCUT2D eigenvalue weighted by Gasteiger charge is -2.33. The third-order valence-corrected chi connectivity index (χ3v) is 7.72. The van der Waals surface area contributed by atoms with E-state index in [1.807, 2.05) is 17.0 Å². The SMILES string of the molecule is N#C[C@H](c1nc2ccccc2nc1N1CCC(C(N)=O)CC1)S(=O)(=O)c1ccc(Cl)cc1. The molecule has 0 unspecified atom stereocenters. The average Bonchev–Trinajstić information content (AvgIpc) is 2.79. The van der Waals surface area contributed by atoms with Gasteiger partial charge in [0.25, 0.3) is 0 Å². The van der Waals surface area contributed by atoms with Crippen molar-refractivity contribution in [1.29, 1.82) is 5.26 Å². The highest BCUT2D eigenvalue weighted by Gasteiger charge is 2.36. The number of sulfone groups is 1. The van der Waals surface area contributed by atoms with E-state index in [4.69, 9.17) is 17.3 Å². The van der Waals surface area contributed by atoms with Crippen LogP contribution >= 0.6 is 11.6 Å². The van der Waals surface area contributed by atoms with Gasteiger partial charge in [-0.1, -0.05) is 23.7 Å². The summed E-state index contributed by atoms with van der Waals surface area (Å²) in [5.41, 5.74) is 6.59. The Morgan fingerprint density at radius 2 is 1.69 bits per heavy atom. The van der Waals surface area contributed by atoms with Gasteiger partial charge in [-0.3, -0.25) is 4.79 Å². The van der Waals surface area contributed by atoms with Crippen molar-refractivity contribution in [2.24, 2.45) is 11.7 Å². The summed E-state index contributed by atoms with van der Waals surface area (Å²) in [6.45, 7) is 0.902. The number of carbonyl (C=O) groups excluding carboxylic acids is 1. The number of amides is 1. The number of para-hydroxylation sites is 2. The second-order valence-electron chi connectivity index (χ2n) is 7.59. The van der Waals surface area contributed by atoms with Crippen LogP contribution in [0.15, 0.2) is 53.4 Å². The smallest absolute Gasteiger partial charge is 0.220 e. The van der Waals surface area contributed by atoms with Gasteiger partial charge in [0.2, 0.25) is 15.7 Å². The predicted octanol–water partition coefficient (Wildman–Crippen LogP) is 3.02. The molecule has 2 N–H and O–H groups in total. The Kier molecular flexibility index (Phi) is 6.00. The van der Waals surface area contributed by atoms with E-state index in [9.17, 15) is 18.5 Å². The molecular formula is C22H20ClN5O3S. The fraction of sp³-hybridized carbons (Fsp3) is 0.273. The van der Waals surface area contributed by atoms with Crippen LogP contribution in [0.5, 0.6) is 0 Å². The molecule has 32 heavy (non-hydrogen) atoms. The number of aromatic nitrogens is 2. The van der Waals surface area contributed by atoms with E-state index in [1.165, 1.54) is 24.3 Å². The molecule has 1 fully saturated rings. The zero-order valence-electron chi connectivity index (χ0n) is 17.0. The molecule has 1 aliphatic heterocycles. The number of primary amides is 1. The molecule has 10 heteroatoms. The second kappa shape index (κ2) is 8.73. The molecule has 0 bridgehead atoms. The number of nitrogens with zero attached hydrogens (tertiary/aromatic N) is 4. The Morgan fingerprint density at radius 3 is 2.25 bits per heavy atom. The molecule has 164 valence electrons. The normalized spacial score (nSPS) is 15.9. The molecule has 1 aliphatic rings. The van der Waals surface area contributed by atoms with Crippen molar-refractivity contribution in [2.45, 2.75) is 23.0 Å². The van der Waals surface area contributed by atoms with Gasteiger partial charge in [0.15, 0.2) is 11.1 Å². The van der Waals surface area contributed by atoms with Gasteiger partial charge in [-0.25, -0.2) is 18.4 Å². The summed E-state index contributed by atoms with van der Waals surface area (Å²) >= 11 is 5.90. The Labute approximate surface area is 190 Å². The van der Waals surface area contributed by atoms with Crippen molar-refractivity contribution in [1.82, 2.24) is 9.97 Å². The number of fused-ring (bicyclic) bond motifs is 1. The zero-order chi connectivity index (χ0) is 22.9. The molecule has 0 radical (unpaired) electrons. The highest BCUT2D eigenvalue weighted by molar-refractivity contribution is 7.92. The average molecular weight is 470 g/mol. The topological polar surface area (TPSA) is 130 Å². The van der Waals surface area contributed by atoms with Crippen LogP contribution in [0.4, 0.5) is 5.82 Å². The van der Waals surface area contributed by atoms with Gasteiger partial charge in [0.1, 0.15) is 5.69 Å². The standard InChI is InChI=1S/C22H20ClN5O3S/c23-15-5-7-16(8-6-15)32(30,31)19(13-24)20-22(27-18-4-2-1-3-17(18)26-20)28-11-9-14(10-12-28)21(25)29/h1-8,14,19H,9-12H2,(H2,25,29)/t19-/m1/s1. The monoisotopic (exact) mass is 469 g/mol. The van der Waals surface area contributed by atoms with Crippen molar-refractivity contribution in [2.75, 3.05) is 18.0 Å². The number of halogens is 1. The molecule has 1 atom stereocenters. The van der Waals surface area contributed by atoms with Crippen LogP contribution in [0.25, 0.3) is 11.0 Å². The van der Waals surface area contributed by atoms with E-state index < -0.39 is 15.1 Å². The van der Waals surface area contributed by atoms with E-state index in [0.29, 0.717) is 47.8 Å². The van der Waals surface area contributed by atoms with Gasteiger partial charge < -0.3 is 10.6 Å². The first-order chi connectivity index (χ1) is 15.3. The quantitative estimate of drug-likeness (QED) is 0.607. The minimum absolute atomic E-state index is 0.0261. The second-order valence-corrected chi connectivity index (χ2v) is 10.1. The Hall–Kier alpha value is -3.22. The van der Waals surface area contributed by atoms with Crippen molar-refractivity contribution in [3.05, 3.63) is 59.2 Å². The van der Waals surface area contributed by atoms with Crippen molar-refractivity contribution >= 4 is 44.2 Å². The van der Waals surface area contributed by atoms with Gasteiger partial charge in [-0.05, 0) is 49.2 Å². The van der Waals surface area contributed by atoms with Gasteiger partial charge in [-0.2, -0.15) is 5.26 Å². The summed E-state index contributed by atoms with van der Waals surface area (Å²) in [6, 6.07) is 14.7. The molecule has 4 rings (SSSR count). The Bertz CT molecular complexity index is 1310. The van der Waals surface area contributed by atoms with E-state index in [2.05, 4.69) is 9.97 Å². The highest BCUT2D eigenvalue weighted by atomic mass is 35.5. The first kappa shape index (κ1) is 22.0. The van der Waals surface area contributed by atoms with Crippen LogP contribution in [0.1, 0.15) is 23.8 Å². The summed E-state index contributed by atoms with van der Waals surface area (Å²) in [4.78, 5) is 22.6. The number of hydrogen-bond acceptors (Lipinski definition) is 7. The van der Waals surface area contributed by atoms with E-state index in [0.717, 1.165) is 0 Å². The molecule has 0 saturated carbocycles. The molecule has 3 aromatic rings. The number of rotatable bonds is 5. The van der Waals surface area contributed by atoms with Crippen LogP contribution in [-0.2, 0) is 14.6 Å². The van der Waals surface area contributed by atoms with Crippen molar-refractivity contribution in [3.63, 3.8) is 0 Å². The van der Waals surface area contributed by atoms with Crippen LogP contribution in [0.2, 0.25) is 5.02 Å². The third-order valence-electron chi connectivity index (χ3n) is 5.59. The number of anilines is 1. The lowest BCUT2D eigenvalue weighted by molar-refractivity contribution is -0.122. The first-order valence-corrected chi connectivity index (χ1v) is 11.9. The number of piperidine rings is 1. The summed E-state index contributed by atoms with van der Waals surface area (Å²) < 4.78 is 26.7. The lowest BCUT2D eigenvalue weighted by atomic mass is 9.96. The molecule has 1 saturated heterocycles. The minimum atomic E-state index is -4.10. The van der Waals surface area contributed by atoms with Gasteiger partial charge in [-0.15, -0.1) is 0 Å². The Morgan fingerprint density at radius 1 is 1.09 bits per heavy atom. The van der Waals surface area contributed by atoms with Crippen LogP contribution in [-0.4, -0.2) is 37.4 Å². The first-order valence-electron chi connectivity index (χ1n) is 10.0. The number of hydrogen-bond donors (Lipinski definition) is 1. The van der Waals surface area contributed by atoms with Crippen LogP contribution in [0, 0.1) is 17.2 Å². The largest absolute Gasteiger partial charge is 0.369 e. The fourth-order valence-electron chi connectivity index (χ4n) is 3.83. The number of carbonyl (C=O) groups is 1. The third kappa shape index (κ3) is 4.11. The predicted molar refractivity (Wildman–Crippen MR) is 121 cm³/mol. The van der Waals surface area contributed by atoms with Gasteiger partial charge >= 0.3 is 0 Å². The highest BCUT2D eigenvalue weighted by Crippen LogP contribution is 2.35. The zero-order valence-corrected chi connectivity index (χ0v) is 18.6. The molecule has 0 aliphatic carbocycles. The van der Waals surface area contributed by atoms with Gasteiger partial charge in [0, 0.05) is 24.0 Å². The summed E-state index contributed by atoms with van der Waals surface area (Å²) in [5, 5.41) is 8.76. The van der Waals surface area contributed by atoms with Crippen LogP contribution in [0.3, 0.4) is 0 Å². The molecule has 0 spiro atoms. The molecular weight excluding hydrogens is 450 g/mol. The van der Waals surface area contributed by atoms with E-state index in [-0.39, 0.29) is 22.4 Å². The molecule has 1 aromatic heterocycles. The summed E-state index contributed by atoms with van der Waals surface area (Å²) in [5.74, 6) is -0.266. The Balaban J connectivity index is 1.83. The van der Waals surface area contributed by atoms with Crippen molar-refractivity contribution < 1.29 is 13.2 Å². The van der Waals surface area contributed by atoms with Crippen LogP contribution < -0.4 is 10.6 Å². The number of nitriles is 1. The van der Waals surface area contributed by atoms with Gasteiger partial charge in [0.05, 0.1) is 22.0 Å². The maximum Gasteiger partial charge on any atom is 0.220 e. The van der Waals surface area contributed by atoms with Crippen molar-refractivity contribution in [3.8, 4) is 6.07 Å². The minimum Gasteiger partial charge on any atom is -0.369 e. The molecule has 1 amide bonds. The summed E-state index contributed by atoms with van der Waals surface area (Å²) in [6.07, 6.45) is 1.04. The summed E-state index contributed by atoms with van der Waals surface area (Å²) in [7, 11) is -4.10. The maximum atomic E-state index is 13.4. The maximum absolute atomic E-state index is 13.4. The number of benzene rings is 2. The molecule has 2 aromatic carbocycles. The molecule has 8 nitrogen and oxygen atoms in total. The fourth-order valence-corrected chi connectivity index (χ4v) is 5.33.